The molecule has 0 spiro atoms. The van der Waals surface area contributed by atoms with Crippen molar-refractivity contribution in [2.24, 2.45) is 5.41 Å². The molecule has 0 saturated heterocycles. The molecular weight excluding hydrogens is 208 g/mol. The van der Waals surface area contributed by atoms with Crippen LogP contribution in [0.1, 0.15) is 27.7 Å². The highest BCUT2D eigenvalue weighted by Crippen LogP contribution is 2.19. The zero-order valence-electron chi connectivity index (χ0n) is 10.00. The smallest absolute Gasteiger partial charge is 0.326 e. The zero-order valence-corrected chi connectivity index (χ0v) is 10.00. The Hall–Kier alpha value is -1.70. The van der Waals surface area contributed by atoms with Crippen LogP contribution in [0.15, 0.2) is 0 Å². The van der Waals surface area contributed by atoms with E-state index >= 15 is 0 Å². The van der Waals surface area contributed by atoms with Gasteiger partial charge in [0.05, 0.1) is 6.04 Å². The molecule has 1 unspecified atom stereocenters. The summed E-state index contributed by atoms with van der Waals surface area (Å²) >= 11 is 0. The van der Waals surface area contributed by atoms with Gasteiger partial charge >= 0.3 is 12.0 Å². The van der Waals surface area contributed by atoms with Gasteiger partial charge in [0.15, 0.2) is 0 Å². The van der Waals surface area contributed by atoms with Gasteiger partial charge in [0.25, 0.3) is 0 Å². The van der Waals surface area contributed by atoms with Gasteiger partial charge in [0.2, 0.25) is 0 Å². The number of nitrogens with one attached hydrogen (secondary N) is 2. The third kappa shape index (κ3) is 4.69. The fraction of sp³-hybridized carbons (Fsp3) is 0.636. The lowest BCUT2D eigenvalue weighted by molar-refractivity contribution is -0.141. The molecule has 0 heterocycles. The summed E-state index contributed by atoms with van der Waals surface area (Å²) in [5.41, 5.74) is -0.567. The largest absolute Gasteiger partial charge is 0.480 e. The molecule has 0 aromatic rings. The molecule has 0 aliphatic heterocycles. The Labute approximate surface area is 95.6 Å². The third-order valence-corrected chi connectivity index (χ3v) is 1.99. The number of carbonyl (C=O) groups is 2. The van der Waals surface area contributed by atoms with Crippen molar-refractivity contribution < 1.29 is 14.7 Å². The predicted molar refractivity (Wildman–Crippen MR) is 60.8 cm³/mol. The molecule has 2 amide bonds. The van der Waals surface area contributed by atoms with Crippen LogP contribution in [-0.2, 0) is 4.79 Å². The number of rotatable bonds is 3. The van der Waals surface area contributed by atoms with Crippen LogP contribution in [0.3, 0.4) is 0 Å². The van der Waals surface area contributed by atoms with Gasteiger partial charge in [-0.05, 0) is 12.3 Å². The predicted octanol–water partition coefficient (Wildman–Crippen LogP) is 0.807. The lowest BCUT2D eigenvalue weighted by Gasteiger charge is -2.28. The van der Waals surface area contributed by atoms with Crippen molar-refractivity contribution in [3.63, 3.8) is 0 Å². The lowest BCUT2D eigenvalue weighted by Crippen LogP contribution is -2.53. The lowest BCUT2D eigenvalue weighted by atomic mass is 9.87. The van der Waals surface area contributed by atoms with E-state index in [1.54, 1.807) is 27.7 Å². The second-order valence-corrected chi connectivity index (χ2v) is 4.64. The molecule has 5 nitrogen and oxygen atoms in total. The number of carboxylic acids is 1. The van der Waals surface area contributed by atoms with Gasteiger partial charge in [0.1, 0.15) is 6.04 Å². The van der Waals surface area contributed by atoms with Crippen LogP contribution in [-0.4, -0.2) is 29.2 Å². The van der Waals surface area contributed by atoms with E-state index in [1.807, 2.05) is 0 Å². The maximum atomic E-state index is 11.4. The molecule has 0 aliphatic rings. The van der Waals surface area contributed by atoms with Crippen LogP contribution >= 0.6 is 0 Å². The molecule has 16 heavy (non-hydrogen) atoms. The highest BCUT2D eigenvalue weighted by Gasteiger charge is 2.32. The van der Waals surface area contributed by atoms with E-state index in [4.69, 9.17) is 11.5 Å². The summed E-state index contributed by atoms with van der Waals surface area (Å²) in [5.74, 6) is 1.24. The van der Waals surface area contributed by atoms with Gasteiger partial charge in [-0.1, -0.05) is 26.7 Å². The molecular formula is C11H18N2O3. The van der Waals surface area contributed by atoms with Gasteiger partial charge in [0, 0.05) is 0 Å². The standard InChI is InChI=1S/C11H18N2O3/c1-6-7(2)12-10(16)13-8(9(14)15)11(3,4)5/h1,7-8H,2-5H3,(H,14,15)(H2,12,13,16)/t7?,8-/m0/s1. The molecule has 0 bridgehead atoms. The van der Waals surface area contributed by atoms with E-state index < -0.39 is 29.5 Å². The Bertz CT molecular complexity index is 312. The number of amides is 2. The Morgan fingerprint density at radius 1 is 1.31 bits per heavy atom. The first kappa shape index (κ1) is 14.3. The number of carbonyl (C=O) groups excluding carboxylic acids is 1. The monoisotopic (exact) mass is 226 g/mol. The van der Waals surface area contributed by atoms with E-state index in [2.05, 4.69) is 16.6 Å². The molecule has 0 aromatic carbocycles. The topological polar surface area (TPSA) is 78.4 Å². The third-order valence-electron chi connectivity index (χ3n) is 1.99. The van der Waals surface area contributed by atoms with E-state index in [0.29, 0.717) is 0 Å². The van der Waals surface area contributed by atoms with Crippen molar-refractivity contribution in [2.75, 3.05) is 0 Å². The van der Waals surface area contributed by atoms with Crippen molar-refractivity contribution in [1.82, 2.24) is 10.6 Å². The molecule has 3 N–H and O–H groups in total. The maximum Gasteiger partial charge on any atom is 0.326 e. The molecule has 2 atom stereocenters. The van der Waals surface area contributed by atoms with E-state index in [1.165, 1.54) is 0 Å². The average Bonchev–Trinajstić information content (AvgIpc) is 2.11. The van der Waals surface area contributed by atoms with Gasteiger partial charge in [-0.15, -0.1) is 6.42 Å². The Kier molecular flexibility index (Phi) is 4.83. The highest BCUT2D eigenvalue weighted by atomic mass is 16.4. The van der Waals surface area contributed by atoms with Crippen LogP contribution in [0.5, 0.6) is 0 Å². The number of urea groups is 1. The van der Waals surface area contributed by atoms with Crippen molar-refractivity contribution in [3.05, 3.63) is 0 Å². The SMILES string of the molecule is C#CC(C)NC(=O)N[C@@H](C(=O)O)C(C)(C)C. The first-order chi connectivity index (χ1) is 7.18. The van der Waals surface area contributed by atoms with Crippen molar-refractivity contribution >= 4 is 12.0 Å². The summed E-state index contributed by atoms with van der Waals surface area (Å²) in [6.45, 7) is 6.83. The summed E-state index contributed by atoms with van der Waals surface area (Å²) in [6, 6.07) is -1.97. The molecule has 5 heteroatoms. The Balaban J connectivity index is 4.50. The molecule has 0 saturated carbocycles. The quantitative estimate of drug-likeness (QED) is 0.623. The second-order valence-electron chi connectivity index (χ2n) is 4.64. The Morgan fingerprint density at radius 3 is 2.12 bits per heavy atom. The number of carboxylic acid groups (broad SMARTS) is 1. The molecule has 0 aromatic heterocycles. The van der Waals surface area contributed by atoms with Crippen molar-refractivity contribution in [2.45, 2.75) is 39.8 Å². The molecule has 0 radical (unpaired) electrons. The van der Waals surface area contributed by atoms with Gasteiger partial charge in [-0.2, -0.15) is 0 Å². The highest BCUT2D eigenvalue weighted by molar-refractivity contribution is 5.83. The minimum absolute atomic E-state index is 0.436. The summed E-state index contributed by atoms with van der Waals surface area (Å²) in [5, 5.41) is 13.8. The van der Waals surface area contributed by atoms with Crippen LogP contribution in [0, 0.1) is 17.8 Å². The van der Waals surface area contributed by atoms with Gasteiger partial charge in [-0.3, -0.25) is 0 Å². The normalized spacial score (nSPS) is 14.4. The minimum Gasteiger partial charge on any atom is -0.480 e. The molecule has 0 aliphatic carbocycles. The molecule has 90 valence electrons. The number of aliphatic carboxylic acids is 1. The van der Waals surface area contributed by atoms with Crippen LogP contribution < -0.4 is 10.6 Å². The van der Waals surface area contributed by atoms with Crippen molar-refractivity contribution in [1.29, 1.82) is 0 Å². The van der Waals surface area contributed by atoms with E-state index in [0.717, 1.165) is 0 Å². The first-order valence-electron chi connectivity index (χ1n) is 4.94. The number of hydrogen-bond acceptors (Lipinski definition) is 2. The summed E-state index contributed by atoms with van der Waals surface area (Å²) in [7, 11) is 0. The van der Waals surface area contributed by atoms with Gasteiger partial charge < -0.3 is 15.7 Å². The molecule has 0 rings (SSSR count). The maximum absolute atomic E-state index is 11.4. The van der Waals surface area contributed by atoms with E-state index in [9.17, 15) is 9.59 Å². The number of hydrogen-bond donors (Lipinski definition) is 3. The molecule has 0 fully saturated rings. The Morgan fingerprint density at radius 2 is 1.81 bits per heavy atom. The number of terminal acetylenes is 1. The van der Waals surface area contributed by atoms with Crippen LogP contribution in [0.2, 0.25) is 0 Å². The zero-order chi connectivity index (χ0) is 12.9. The average molecular weight is 226 g/mol. The first-order valence-corrected chi connectivity index (χ1v) is 4.94. The van der Waals surface area contributed by atoms with Crippen LogP contribution in [0.25, 0.3) is 0 Å². The fourth-order valence-corrected chi connectivity index (χ4v) is 1.06. The second kappa shape index (κ2) is 5.40. The van der Waals surface area contributed by atoms with Gasteiger partial charge in [-0.25, -0.2) is 9.59 Å². The fourth-order valence-electron chi connectivity index (χ4n) is 1.06. The minimum atomic E-state index is -1.07. The summed E-state index contributed by atoms with van der Waals surface area (Å²) in [4.78, 5) is 22.3. The van der Waals surface area contributed by atoms with Crippen LogP contribution in [0.4, 0.5) is 4.79 Å². The summed E-state index contributed by atoms with van der Waals surface area (Å²) < 4.78 is 0. The summed E-state index contributed by atoms with van der Waals surface area (Å²) in [6.07, 6.45) is 5.09. The van der Waals surface area contributed by atoms with Crippen molar-refractivity contribution in [3.8, 4) is 12.3 Å². The van der Waals surface area contributed by atoms with E-state index in [-0.39, 0.29) is 0 Å².